The maximum atomic E-state index is 13.8. The van der Waals surface area contributed by atoms with Crippen LogP contribution < -0.4 is 11.3 Å². The molecule has 2 rings (SSSR count). The van der Waals surface area contributed by atoms with E-state index in [2.05, 4.69) is 5.10 Å². The van der Waals surface area contributed by atoms with Crippen molar-refractivity contribution in [3.63, 3.8) is 0 Å². The number of anilines is 1. The second kappa shape index (κ2) is 4.67. The van der Waals surface area contributed by atoms with Crippen LogP contribution in [0, 0.1) is 17.1 Å². The van der Waals surface area contributed by atoms with E-state index in [0.717, 1.165) is 4.68 Å². The highest BCUT2D eigenvalue weighted by Crippen LogP contribution is 2.12. The molecule has 0 fully saturated rings. The summed E-state index contributed by atoms with van der Waals surface area (Å²) in [6.07, 6.45) is 1.31. The average molecular weight is 244 g/mol. The van der Waals surface area contributed by atoms with Gasteiger partial charge in [0.2, 0.25) is 0 Å². The molecular formula is C12H9FN4O. The van der Waals surface area contributed by atoms with E-state index in [4.69, 9.17) is 11.0 Å². The van der Waals surface area contributed by atoms with E-state index in [1.165, 1.54) is 24.4 Å². The third-order valence-corrected chi connectivity index (χ3v) is 2.41. The lowest BCUT2D eigenvalue weighted by Gasteiger charge is -2.06. The van der Waals surface area contributed by atoms with Crippen molar-refractivity contribution in [1.29, 1.82) is 5.26 Å². The van der Waals surface area contributed by atoms with Crippen LogP contribution in [-0.2, 0) is 6.54 Å². The summed E-state index contributed by atoms with van der Waals surface area (Å²) in [4.78, 5) is 11.5. The first-order valence-electron chi connectivity index (χ1n) is 5.12. The molecule has 0 aliphatic heterocycles. The predicted octanol–water partition coefficient (Wildman–Crippen LogP) is 0.885. The molecule has 0 aliphatic carbocycles. The summed E-state index contributed by atoms with van der Waals surface area (Å²) in [6, 6.07) is 7.38. The van der Waals surface area contributed by atoms with Crippen molar-refractivity contribution in [3.05, 3.63) is 57.8 Å². The zero-order chi connectivity index (χ0) is 13.1. The summed E-state index contributed by atoms with van der Waals surface area (Å²) >= 11 is 0. The molecule has 0 saturated carbocycles. The number of aromatic nitrogens is 2. The Hall–Kier alpha value is -2.68. The highest BCUT2D eigenvalue weighted by atomic mass is 19.1. The predicted molar refractivity (Wildman–Crippen MR) is 63.1 cm³/mol. The van der Waals surface area contributed by atoms with E-state index in [9.17, 15) is 9.18 Å². The van der Waals surface area contributed by atoms with Crippen LogP contribution in [0.4, 0.5) is 10.1 Å². The second-order valence-electron chi connectivity index (χ2n) is 3.68. The lowest BCUT2D eigenvalue weighted by atomic mass is 10.1. The lowest BCUT2D eigenvalue weighted by molar-refractivity contribution is 0.570. The molecule has 5 nitrogen and oxygen atoms in total. The minimum atomic E-state index is -0.634. The number of nitrogen functional groups attached to an aromatic ring is 1. The van der Waals surface area contributed by atoms with E-state index < -0.39 is 11.4 Å². The fourth-order valence-corrected chi connectivity index (χ4v) is 1.52. The van der Waals surface area contributed by atoms with Crippen LogP contribution in [0.1, 0.15) is 11.1 Å². The molecule has 1 heterocycles. The molecule has 0 atom stereocenters. The number of nitrogens with two attached hydrogens (primary N) is 1. The second-order valence-corrected chi connectivity index (χ2v) is 3.68. The van der Waals surface area contributed by atoms with Crippen LogP contribution in [0.15, 0.2) is 35.3 Å². The Bertz CT molecular complexity index is 687. The van der Waals surface area contributed by atoms with E-state index in [-0.39, 0.29) is 23.4 Å². The van der Waals surface area contributed by atoms with Crippen LogP contribution in [0.3, 0.4) is 0 Å². The van der Waals surface area contributed by atoms with Gasteiger partial charge < -0.3 is 5.73 Å². The average Bonchev–Trinajstić information content (AvgIpc) is 2.35. The first-order chi connectivity index (χ1) is 8.61. The molecule has 0 aliphatic rings. The topological polar surface area (TPSA) is 84.7 Å². The minimum Gasteiger partial charge on any atom is -0.397 e. The summed E-state index contributed by atoms with van der Waals surface area (Å²) in [7, 11) is 0. The van der Waals surface area contributed by atoms with Crippen molar-refractivity contribution in [3.8, 4) is 6.07 Å². The van der Waals surface area contributed by atoms with E-state index >= 15 is 0 Å². The molecule has 2 N–H and O–H groups in total. The maximum Gasteiger partial charge on any atom is 0.269 e. The van der Waals surface area contributed by atoms with Gasteiger partial charge in [-0.2, -0.15) is 10.4 Å². The third-order valence-electron chi connectivity index (χ3n) is 2.41. The number of halogens is 1. The molecule has 0 radical (unpaired) electrons. The molecule has 1 aromatic heterocycles. The van der Waals surface area contributed by atoms with Crippen molar-refractivity contribution in [2.45, 2.75) is 6.54 Å². The van der Waals surface area contributed by atoms with Gasteiger partial charge in [0.15, 0.2) is 0 Å². The minimum absolute atomic E-state index is 0.0412. The Labute approximate surface area is 102 Å². The summed E-state index contributed by atoms with van der Waals surface area (Å²) in [5, 5.41) is 12.5. The van der Waals surface area contributed by atoms with Crippen LogP contribution >= 0.6 is 0 Å². The van der Waals surface area contributed by atoms with Gasteiger partial charge in [-0.1, -0.05) is 12.1 Å². The van der Waals surface area contributed by atoms with Crippen LogP contribution in [0.2, 0.25) is 0 Å². The summed E-state index contributed by atoms with van der Waals surface area (Å²) in [5.41, 5.74) is 5.41. The van der Waals surface area contributed by atoms with Crippen molar-refractivity contribution in [1.82, 2.24) is 9.78 Å². The van der Waals surface area contributed by atoms with Gasteiger partial charge in [0.05, 0.1) is 24.0 Å². The van der Waals surface area contributed by atoms with Gasteiger partial charge in [-0.3, -0.25) is 4.79 Å². The van der Waals surface area contributed by atoms with Gasteiger partial charge in [0.1, 0.15) is 11.9 Å². The highest BCUT2D eigenvalue weighted by Gasteiger charge is 2.09. The highest BCUT2D eigenvalue weighted by molar-refractivity contribution is 5.35. The first kappa shape index (κ1) is 11.8. The largest absolute Gasteiger partial charge is 0.397 e. The fraction of sp³-hybridized carbons (Fsp3) is 0.0833. The van der Waals surface area contributed by atoms with Crippen LogP contribution in [-0.4, -0.2) is 9.78 Å². The number of benzene rings is 1. The van der Waals surface area contributed by atoms with Crippen LogP contribution in [0.5, 0.6) is 0 Å². The number of hydrogen-bond acceptors (Lipinski definition) is 4. The Balaban J connectivity index is 2.41. The molecule has 0 saturated heterocycles. The summed E-state index contributed by atoms with van der Waals surface area (Å²) < 4.78 is 14.9. The molecule has 90 valence electrons. The lowest BCUT2D eigenvalue weighted by Crippen LogP contribution is -2.23. The van der Waals surface area contributed by atoms with Gasteiger partial charge in [0, 0.05) is 11.6 Å². The molecule has 6 heteroatoms. The number of rotatable bonds is 2. The van der Waals surface area contributed by atoms with Gasteiger partial charge >= 0.3 is 0 Å². The van der Waals surface area contributed by atoms with Crippen molar-refractivity contribution >= 4 is 5.69 Å². The number of nitrogens with zero attached hydrogens (tertiary/aromatic N) is 3. The smallest absolute Gasteiger partial charge is 0.269 e. The van der Waals surface area contributed by atoms with E-state index in [1.807, 2.05) is 0 Å². The third kappa shape index (κ3) is 2.20. The normalized spacial score (nSPS) is 10.0. The fourth-order valence-electron chi connectivity index (χ4n) is 1.52. The van der Waals surface area contributed by atoms with Crippen molar-refractivity contribution in [2.75, 3.05) is 5.73 Å². The first-order valence-corrected chi connectivity index (χ1v) is 5.12. The molecule has 2 aromatic rings. The number of nitriles is 1. The quantitative estimate of drug-likeness (QED) is 0.849. The molecule has 0 amide bonds. The Morgan fingerprint density at radius 3 is 2.94 bits per heavy atom. The van der Waals surface area contributed by atoms with Crippen molar-refractivity contribution < 1.29 is 4.39 Å². The Kier molecular flexibility index (Phi) is 3.06. The molecule has 18 heavy (non-hydrogen) atoms. The molecular weight excluding hydrogens is 235 g/mol. The Morgan fingerprint density at radius 2 is 2.28 bits per heavy atom. The Morgan fingerprint density at radius 1 is 1.50 bits per heavy atom. The van der Waals surface area contributed by atoms with Gasteiger partial charge in [-0.05, 0) is 6.07 Å². The molecule has 0 bridgehead atoms. The summed E-state index contributed by atoms with van der Waals surface area (Å²) in [5.74, 6) is -0.634. The monoisotopic (exact) mass is 244 g/mol. The standard InChI is InChI=1S/C12H9FN4O/c13-12-8(5-14)2-1-3-9(12)7-17-11(18)4-10(15)6-16-17/h1-4,6H,7,15H2. The number of hydrogen-bond donors (Lipinski definition) is 1. The van der Waals surface area contributed by atoms with Gasteiger partial charge in [-0.15, -0.1) is 0 Å². The molecule has 0 unspecified atom stereocenters. The summed E-state index contributed by atoms with van der Waals surface area (Å²) in [6.45, 7) is -0.0412. The zero-order valence-corrected chi connectivity index (χ0v) is 9.30. The van der Waals surface area contributed by atoms with Crippen LogP contribution in [0.25, 0.3) is 0 Å². The zero-order valence-electron chi connectivity index (χ0n) is 9.30. The van der Waals surface area contributed by atoms with E-state index in [0.29, 0.717) is 0 Å². The SMILES string of the molecule is N#Cc1cccc(Cn2ncc(N)cc2=O)c1F. The van der Waals surface area contributed by atoms with Crippen molar-refractivity contribution in [2.24, 2.45) is 0 Å². The van der Waals surface area contributed by atoms with Gasteiger partial charge in [-0.25, -0.2) is 9.07 Å². The van der Waals surface area contributed by atoms with E-state index in [1.54, 1.807) is 12.1 Å². The molecule has 0 spiro atoms. The maximum absolute atomic E-state index is 13.8. The van der Waals surface area contributed by atoms with Gasteiger partial charge in [0.25, 0.3) is 5.56 Å². The molecule has 1 aromatic carbocycles.